The van der Waals surface area contributed by atoms with Gasteiger partial charge in [-0.15, -0.1) is 5.10 Å². The fourth-order valence-electron chi connectivity index (χ4n) is 3.95. The van der Waals surface area contributed by atoms with Gasteiger partial charge in [-0.1, -0.05) is 41.9 Å². The third-order valence-corrected chi connectivity index (χ3v) is 6.00. The average molecular weight is 432 g/mol. The van der Waals surface area contributed by atoms with Crippen LogP contribution in [0, 0.1) is 12.8 Å². The number of amides is 1. The molecule has 5 rings (SSSR count). The Balaban J connectivity index is 1.45. The number of carbonyl (C=O) groups excluding carboxylic acids is 1. The van der Waals surface area contributed by atoms with Gasteiger partial charge in [-0.05, 0) is 37.8 Å². The van der Waals surface area contributed by atoms with Crippen molar-refractivity contribution in [2.75, 3.05) is 13.1 Å². The molecule has 4 aromatic rings. The lowest BCUT2D eigenvalue weighted by Gasteiger charge is -2.30. The van der Waals surface area contributed by atoms with Crippen LogP contribution in [-0.4, -0.2) is 48.2 Å². The number of aryl methyl sites for hydroxylation is 1. The molecule has 1 aromatic carbocycles. The van der Waals surface area contributed by atoms with E-state index in [2.05, 4.69) is 22.2 Å². The number of nitrogens with zero attached hydrogens (tertiary/aromatic N) is 6. The molecule has 0 spiro atoms. The smallest absolute Gasteiger partial charge is 0.341 e. The molecule has 164 valence electrons. The number of aromatic nitrogens is 5. The number of likely N-dealkylation sites (tertiary alicyclic amines) is 1. The number of fused-ring (bicyclic) bond motifs is 1. The summed E-state index contributed by atoms with van der Waals surface area (Å²) in [4.78, 5) is 31.9. The fraction of sp³-hybridized carbons (Fsp3) is 0.348. The molecule has 0 atom stereocenters. The van der Waals surface area contributed by atoms with Gasteiger partial charge in [-0.25, -0.2) is 13.9 Å². The van der Waals surface area contributed by atoms with Crippen LogP contribution in [0.4, 0.5) is 0 Å². The van der Waals surface area contributed by atoms with Crippen molar-refractivity contribution in [3.05, 3.63) is 58.6 Å². The highest BCUT2D eigenvalue weighted by molar-refractivity contribution is 5.76. The van der Waals surface area contributed by atoms with Crippen molar-refractivity contribution in [2.45, 2.75) is 33.2 Å². The largest absolute Gasteiger partial charge is 0.350 e. The van der Waals surface area contributed by atoms with Gasteiger partial charge in [0.15, 0.2) is 5.65 Å². The summed E-state index contributed by atoms with van der Waals surface area (Å²) in [6.07, 6.45) is 3.59. The Morgan fingerprint density at radius 3 is 2.66 bits per heavy atom. The minimum atomic E-state index is -0.376. The van der Waals surface area contributed by atoms with E-state index >= 15 is 0 Å². The SMILES string of the molecule is Cc1ccc(-c2noc(-c3cccn4c(=O)n(CC(=O)N5CCC(C)CC5)nc34)n2)cc1. The van der Waals surface area contributed by atoms with Crippen molar-refractivity contribution in [3.8, 4) is 22.8 Å². The third-order valence-electron chi connectivity index (χ3n) is 6.00. The summed E-state index contributed by atoms with van der Waals surface area (Å²) in [5.41, 5.74) is 2.51. The highest BCUT2D eigenvalue weighted by Crippen LogP contribution is 2.24. The van der Waals surface area contributed by atoms with Crippen molar-refractivity contribution in [3.63, 3.8) is 0 Å². The molecule has 1 amide bonds. The van der Waals surface area contributed by atoms with E-state index in [0.29, 0.717) is 23.0 Å². The zero-order valence-electron chi connectivity index (χ0n) is 18.1. The van der Waals surface area contributed by atoms with Gasteiger partial charge in [0, 0.05) is 24.8 Å². The van der Waals surface area contributed by atoms with Gasteiger partial charge in [-0.3, -0.25) is 4.79 Å². The molecule has 1 saturated heterocycles. The molecule has 0 aliphatic carbocycles. The lowest BCUT2D eigenvalue weighted by Crippen LogP contribution is -2.41. The summed E-state index contributed by atoms with van der Waals surface area (Å²) in [6.45, 7) is 5.55. The second-order valence-electron chi connectivity index (χ2n) is 8.41. The zero-order chi connectivity index (χ0) is 22.2. The van der Waals surface area contributed by atoms with E-state index in [1.807, 2.05) is 36.1 Å². The predicted molar refractivity (Wildman–Crippen MR) is 118 cm³/mol. The first kappa shape index (κ1) is 20.2. The maximum atomic E-state index is 12.9. The molecule has 0 N–H and O–H groups in total. The Kier molecular flexibility index (Phi) is 5.08. The van der Waals surface area contributed by atoms with Gasteiger partial charge in [0.05, 0.1) is 5.56 Å². The van der Waals surface area contributed by atoms with Gasteiger partial charge in [0.2, 0.25) is 11.7 Å². The molecule has 32 heavy (non-hydrogen) atoms. The molecule has 9 nitrogen and oxygen atoms in total. The van der Waals surface area contributed by atoms with E-state index in [9.17, 15) is 9.59 Å². The van der Waals surface area contributed by atoms with E-state index in [-0.39, 0.29) is 24.0 Å². The highest BCUT2D eigenvalue weighted by Gasteiger charge is 2.23. The van der Waals surface area contributed by atoms with Crippen LogP contribution >= 0.6 is 0 Å². The number of benzene rings is 1. The van der Waals surface area contributed by atoms with Crippen LogP contribution in [0.1, 0.15) is 25.3 Å². The van der Waals surface area contributed by atoms with Crippen molar-refractivity contribution in [1.29, 1.82) is 0 Å². The second-order valence-corrected chi connectivity index (χ2v) is 8.41. The van der Waals surface area contributed by atoms with E-state index < -0.39 is 0 Å². The summed E-state index contributed by atoms with van der Waals surface area (Å²) in [7, 11) is 0. The Hall–Kier alpha value is -3.75. The number of hydrogen-bond donors (Lipinski definition) is 0. The fourth-order valence-corrected chi connectivity index (χ4v) is 3.95. The van der Waals surface area contributed by atoms with Crippen molar-refractivity contribution in [2.24, 2.45) is 5.92 Å². The molecule has 9 heteroatoms. The molecular weight excluding hydrogens is 408 g/mol. The van der Waals surface area contributed by atoms with Crippen molar-refractivity contribution >= 4 is 11.6 Å². The molecule has 0 radical (unpaired) electrons. The van der Waals surface area contributed by atoms with Crippen LogP contribution in [0.3, 0.4) is 0 Å². The lowest BCUT2D eigenvalue weighted by atomic mass is 9.99. The predicted octanol–water partition coefficient (Wildman–Crippen LogP) is 2.78. The second kappa shape index (κ2) is 8.07. The van der Waals surface area contributed by atoms with Crippen LogP contribution in [0.2, 0.25) is 0 Å². The van der Waals surface area contributed by atoms with Gasteiger partial charge in [-0.2, -0.15) is 4.98 Å². The Bertz CT molecular complexity index is 1330. The monoisotopic (exact) mass is 432 g/mol. The molecule has 3 aromatic heterocycles. The number of pyridine rings is 1. The van der Waals surface area contributed by atoms with E-state index in [1.165, 1.54) is 9.08 Å². The normalized spacial score (nSPS) is 14.9. The van der Waals surface area contributed by atoms with Gasteiger partial charge >= 0.3 is 5.69 Å². The van der Waals surface area contributed by atoms with E-state index in [0.717, 1.165) is 37.1 Å². The number of rotatable bonds is 4. The van der Waals surface area contributed by atoms with Gasteiger partial charge in [0.25, 0.3) is 5.89 Å². The quantitative estimate of drug-likeness (QED) is 0.492. The number of piperidine rings is 1. The van der Waals surface area contributed by atoms with Crippen LogP contribution in [-0.2, 0) is 11.3 Å². The number of carbonyl (C=O) groups is 1. The van der Waals surface area contributed by atoms with Crippen molar-refractivity contribution < 1.29 is 9.32 Å². The van der Waals surface area contributed by atoms with Crippen molar-refractivity contribution in [1.82, 2.24) is 29.2 Å². The summed E-state index contributed by atoms with van der Waals surface area (Å²) in [5.74, 6) is 1.25. The zero-order valence-corrected chi connectivity index (χ0v) is 18.1. The number of hydrogen-bond acceptors (Lipinski definition) is 6. The average Bonchev–Trinajstić information content (AvgIpc) is 3.40. The minimum absolute atomic E-state index is 0.0905. The molecule has 0 saturated carbocycles. The first-order valence-corrected chi connectivity index (χ1v) is 10.8. The summed E-state index contributed by atoms with van der Waals surface area (Å²) >= 11 is 0. The molecule has 4 heterocycles. The summed E-state index contributed by atoms with van der Waals surface area (Å²) in [5, 5.41) is 8.50. The maximum absolute atomic E-state index is 12.9. The van der Waals surface area contributed by atoms with E-state index in [1.54, 1.807) is 18.3 Å². The molecule has 1 aliphatic rings. The summed E-state index contributed by atoms with van der Waals surface area (Å²) in [6, 6.07) is 11.3. The Labute approximate surface area is 184 Å². The topological polar surface area (TPSA) is 98.5 Å². The van der Waals surface area contributed by atoms with Crippen LogP contribution in [0.5, 0.6) is 0 Å². The maximum Gasteiger partial charge on any atom is 0.350 e. The first-order valence-electron chi connectivity index (χ1n) is 10.8. The molecular formula is C23H24N6O3. The van der Waals surface area contributed by atoms with Crippen LogP contribution < -0.4 is 5.69 Å². The summed E-state index contributed by atoms with van der Waals surface area (Å²) < 4.78 is 8.08. The molecule has 1 fully saturated rings. The van der Waals surface area contributed by atoms with E-state index in [4.69, 9.17) is 4.52 Å². The van der Waals surface area contributed by atoms with Crippen LogP contribution in [0.15, 0.2) is 51.9 Å². The highest BCUT2D eigenvalue weighted by atomic mass is 16.5. The standard InChI is InChI=1S/C23H24N6O3/c1-15-5-7-17(8-6-15)20-24-22(32-26-20)18-4-3-11-28-21(18)25-29(23(28)31)14-19(30)27-12-9-16(2)10-13-27/h3-8,11,16H,9-10,12-14H2,1-2H3. The molecule has 0 bridgehead atoms. The van der Waals surface area contributed by atoms with Gasteiger partial charge < -0.3 is 9.42 Å². The Morgan fingerprint density at radius 2 is 1.91 bits per heavy atom. The first-order chi connectivity index (χ1) is 15.5. The van der Waals surface area contributed by atoms with Gasteiger partial charge in [0.1, 0.15) is 6.54 Å². The Morgan fingerprint density at radius 1 is 1.16 bits per heavy atom. The molecule has 1 aliphatic heterocycles. The third kappa shape index (κ3) is 3.70. The van der Waals surface area contributed by atoms with Crippen LogP contribution in [0.25, 0.3) is 28.5 Å². The lowest BCUT2D eigenvalue weighted by molar-refractivity contribution is -0.133. The minimum Gasteiger partial charge on any atom is -0.341 e. The molecule has 0 unspecified atom stereocenters.